The van der Waals surface area contributed by atoms with Crippen molar-refractivity contribution in [2.45, 2.75) is 13.3 Å². The minimum Gasteiger partial charge on any atom is -0.459 e. The summed E-state index contributed by atoms with van der Waals surface area (Å²) in [6.45, 7) is 2.21. The van der Waals surface area contributed by atoms with Gasteiger partial charge in [0, 0.05) is 24.7 Å². The molecular formula is C18H16N4O4. The number of nitrogens with zero attached hydrogens (tertiary/aromatic N) is 3. The summed E-state index contributed by atoms with van der Waals surface area (Å²) in [5.74, 6) is 0.627. The number of hydrogen-bond acceptors (Lipinski definition) is 6. The third-order valence-corrected chi connectivity index (χ3v) is 4.21. The first kappa shape index (κ1) is 16.1. The molecule has 1 N–H and O–H groups in total. The molecule has 26 heavy (non-hydrogen) atoms. The minimum atomic E-state index is -0.411. The maximum Gasteiger partial charge on any atom is 0.287 e. The lowest BCUT2D eigenvalue weighted by Crippen LogP contribution is -2.39. The lowest BCUT2D eigenvalue weighted by atomic mass is 10.1. The molecule has 1 aromatic carbocycles. The molecule has 0 radical (unpaired) electrons. The zero-order chi connectivity index (χ0) is 18.1. The first-order valence-electron chi connectivity index (χ1n) is 8.17. The van der Waals surface area contributed by atoms with Crippen molar-refractivity contribution in [2.24, 2.45) is 0 Å². The first-order chi connectivity index (χ1) is 12.6. The third kappa shape index (κ3) is 2.97. The molecule has 0 unspecified atom stereocenters. The molecule has 8 nitrogen and oxygen atoms in total. The van der Waals surface area contributed by atoms with Crippen LogP contribution in [0.15, 0.2) is 45.5 Å². The van der Waals surface area contributed by atoms with E-state index in [0.717, 1.165) is 23.2 Å². The minimum absolute atomic E-state index is 0.0925. The normalized spacial score (nSPS) is 12.9. The Kier molecular flexibility index (Phi) is 4.00. The van der Waals surface area contributed by atoms with E-state index < -0.39 is 5.91 Å². The molecule has 8 heteroatoms. The van der Waals surface area contributed by atoms with Crippen LogP contribution in [-0.2, 0) is 11.2 Å². The molecule has 3 heterocycles. The zero-order valence-corrected chi connectivity index (χ0v) is 14.1. The van der Waals surface area contributed by atoms with Crippen LogP contribution >= 0.6 is 0 Å². The summed E-state index contributed by atoms with van der Waals surface area (Å²) in [6.07, 6.45) is 2.15. The smallest absolute Gasteiger partial charge is 0.287 e. The van der Waals surface area contributed by atoms with Gasteiger partial charge in [-0.25, -0.2) is 0 Å². The van der Waals surface area contributed by atoms with Gasteiger partial charge in [-0.3, -0.25) is 9.59 Å². The van der Waals surface area contributed by atoms with Crippen LogP contribution in [-0.4, -0.2) is 35.0 Å². The number of rotatable bonds is 4. The van der Waals surface area contributed by atoms with Gasteiger partial charge in [0.15, 0.2) is 5.76 Å². The molecule has 0 fully saturated rings. The van der Waals surface area contributed by atoms with E-state index in [-0.39, 0.29) is 18.2 Å². The Labute approximate surface area is 148 Å². The van der Waals surface area contributed by atoms with Gasteiger partial charge in [0.25, 0.3) is 5.91 Å². The summed E-state index contributed by atoms with van der Waals surface area (Å²) >= 11 is 0. The van der Waals surface area contributed by atoms with Crippen LogP contribution in [0.1, 0.15) is 22.0 Å². The number of nitrogens with one attached hydrogen (secondary N) is 1. The van der Waals surface area contributed by atoms with Gasteiger partial charge < -0.3 is 19.2 Å². The molecule has 2 amide bonds. The highest BCUT2D eigenvalue weighted by Crippen LogP contribution is 2.31. The van der Waals surface area contributed by atoms with E-state index in [1.807, 2.05) is 18.2 Å². The molecule has 132 valence electrons. The summed E-state index contributed by atoms with van der Waals surface area (Å²) in [4.78, 5) is 30.2. The molecular weight excluding hydrogens is 336 g/mol. The molecule has 0 saturated heterocycles. The molecule has 1 aliphatic heterocycles. The van der Waals surface area contributed by atoms with Crippen LogP contribution in [0.5, 0.6) is 0 Å². The summed E-state index contributed by atoms with van der Waals surface area (Å²) in [5.41, 5.74) is 2.72. The Bertz CT molecular complexity index is 961. The Morgan fingerprint density at radius 1 is 1.31 bits per heavy atom. The fourth-order valence-electron chi connectivity index (χ4n) is 2.96. The first-order valence-corrected chi connectivity index (χ1v) is 8.17. The Morgan fingerprint density at radius 3 is 2.92 bits per heavy atom. The quantitative estimate of drug-likeness (QED) is 0.770. The average molecular weight is 352 g/mol. The number of carbonyl (C=O) groups is 2. The van der Waals surface area contributed by atoms with Gasteiger partial charge in [0.1, 0.15) is 0 Å². The van der Waals surface area contributed by atoms with E-state index in [1.54, 1.807) is 24.0 Å². The maximum atomic E-state index is 12.5. The molecule has 0 spiro atoms. The summed E-state index contributed by atoms with van der Waals surface area (Å²) in [5, 5.41) is 6.49. The van der Waals surface area contributed by atoms with Crippen molar-refractivity contribution in [1.82, 2.24) is 15.5 Å². The number of carbonyl (C=O) groups excluding carboxylic acids is 2. The SMILES string of the molecule is Cc1nc(-c2ccc3c(c2)CCN3C(=O)CNC(=O)c2ccco2)no1. The van der Waals surface area contributed by atoms with E-state index in [1.165, 1.54) is 6.26 Å². The third-order valence-electron chi connectivity index (χ3n) is 4.21. The van der Waals surface area contributed by atoms with E-state index in [4.69, 9.17) is 8.94 Å². The van der Waals surface area contributed by atoms with Gasteiger partial charge in [-0.1, -0.05) is 5.16 Å². The summed E-state index contributed by atoms with van der Waals surface area (Å²) in [7, 11) is 0. The van der Waals surface area contributed by atoms with Crippen LogP contribution in [0.3, 0.4) is 0 Å². The molecule has 0 aliphatic carbocycles. The largest absolute Gasteiger partial charge is 0.459 e. The maximum absolute atomic E-state index is 12.5. The van der Waals surface area contributed by atoms with Gasteiger partial charge >= 0.3 is 0 Å². The lowest BCUT2D eigenvalue weighted by molar-refractivity contribution is -0.117. The van der Waals surface area contributed by atoms with Crippen molar-refractivity contribution < 1.29 is 18.5 Å². The second-order valence-electron chi connectivity index (χ2n) is 5.94. The van der Waals surface area contributed by atoms with Gasteiger partial charge in [-0.05, 0) is 42.3 Å². The van der Waals surface area contributed by atoms with Gasteiger partial charge in [-0.15, -0.1) is 0 Å². The predicted molar refractivity (Wildman–Crippen MR) is 91.6 cm³/mol. The van der Waals surface area contributed by atoms with E-state index in [2.05, 4.69) is 15.5 Å². The molecule has 3 aromatic rings. The zero-order valence-electron chi connectivity index (χ0n) is 14.1. The standard InChI is InChI=1S/C18H16N4O4/c1-11-20-17(21-26-11)13-4-5-14-12(9-13)6-7-22(14)16(23)10-19-18(24)15-3-2-8-25-15/h2-5,8-9H,6-7,10H2,1H3,(H,19,24). The fourth-order valence-corrected chi connectivity index (χ4v) is 2.96. The topological polar surface area (TPSA) is 101 Å². The van der Waals surface area contributed by atoms with Crippen molar-refractivity contribution in [3.05, 3.63) is 53.8 Å². The van der Waals surface area contributed by atoms with Crippen molar-refractivity contribution >= 4 is 17.5 Å². The van der Waals surface area contributed by atoms with Crippen molar-refractivity contribution in [3.8, 4) is 11.4 Å². The summed E-state index contributed by atoms with van der Waals surface area (Å²) in [6, 6.07) is 8.86. The monoisotopic (exact) mass is 352 g/mol. The highest BCUT2D eigenvalue weighted by atomic mass is 16.5. The van der Waals surface area contributed by atoms with Crippen LogP contribution in [0, 0.1) is 6.92 Å². The number of aryl methyl sites for hydroxylation is 1. The van der Waals surface area contributed by atoms with Crippen LogP contribution < -0.4 is 10.2 Å². The van der Waals surface area contributed by atoms with Gasteiger partial charge in [0.2, 0.25) is 17.6 Å². The van der Waals surface area contributed by atoms with E-state index in [0.29, 0.717) is 18.3 Å². The Hall–Kier alpha value is -3.42. The number of anilines is 1. The molecule has 0 saturated carbocycles. The number of hydrogen-bond donors (Lipinski definition) is 1. The second-order valence-corrected chi connectivity index (χ2v) is 5.94. The Morgan fingerprint density at radius 2 is 2.19 bits per heavy atom. The molecule has 4 rings (SSSR count). The lowest BCUT2D eigenvalue weighted by Gasteiger charge is -2.17. The van der Waals surface area contributed by atoms with Gasteiger partial charge in [0.05, 0.1) is 12.8 Å². The van der Waals surface area contributed by atoms with Crippen molar-refractivity contribution in [1.29, 1.82) is 0 Å². The average Bonchev–Trinajstić information content (AvgIpc) is 3.38. The highest BCUT2D eigenvalue weighted by Gasteiger charge is 2.25. The predicted octanol–water partition coefficient (Wildman–Crippen LogP) is 1.96. The van der Waals surface area contributed by atoms with E-state index in [9.17, 15) is 9.59 Å². The van der Waals surface area contributed by atoms with Crippen molar-refractivity contribution in [3.63, 3.8) is 0 Å². The Balaban J connectivity index is 1.45. The van der Waals surface area contributed by atoms with Crippen molar-refractivity contribution in [2.75, 3.05) is 18.0 Å². The molecule has 0 atom stereocenters. The van der Waals surface area contributed by atoms with Crippen LogP contribution in [0.2, 0.25) is 0 Å². The number of benzene rings is 1. The van der Waals surface area contributed by atoms with E-state index >= 15 is 0 Å². The molecule has 1 aliphatic rings. The number of aromatic nitrogens is 2. The van der Waals surface area contributed by atoms with Crippen LogP contribution in [0.4, 0.5) is 5.69 Å². The van der Waals surface area contributed by atoms with Gasteiger partial charge in [-0.2, -0.15) is 4.98 Å². The number of amides is 2. The molecule has 0 bridgehead atoms. The number of fused-ring (bicyclic) bond motifs is 1. The highest BCUT2D eigenvalue weighted by molar-refractivity contribution is 6.00. The number of furan rings is 1. The summed E-state index contributed by atoms with van der Waals surface area (Å²) < 4.78 is 10.0. The molecule has 2 aromatic heterocycles. The second kappa shape index (κ2) is 6.47. The fraction of sp³-hybridized carbons (Fsp3) is 0.222. The van der Waals surface area contributed by atoms with Crippen LogP contribution in [0.25, 0.3) is 11.4 Å².